The fourth-order valence-corrected chi connectivity index (χ4v) is 7.75. The number of alkyl halides is 6. The Balaban J connectivity index is 0.000000215. The molecule has 0 saturated carbocycles. The zero-order valence-corrected chi connectivity index (χ0v) is 40.5. The second-order valence-electron chi connectivity index (χ2n) is 19.7. The van der Waals surface area contributed by atoms with E-state index in [0.717, 1.165) is 67.4 Å². The molecule has 2 spiro atoms. The molecule has 3 amide bonds. The number of aromatic nitrogens is 6. The minimum Gasteiger partial charge on any atom is -0.478 e. The highest BCUT2D eigenvalue weighted by Crippen LogP contribution is 2.41. The Hall–Kier alpha value is -6.49. The number of likely N-dealkylation sites (tertiary alicyclic amines) is 3. The smallest absolute Gasteiger partial charge is 0.416 e. The van der Waals surface area contributed by atoms with Gasteiger partial charge in [-0.2, -0.15) is 26.3 Å². The molecule has 4 aliphatic rings. The summed E-state index contributed by atoms with van der Waals surface area (Å²) in [5.41, 5.74) is -0.839. The summed E-state index contributed by atoms with van der Waals surface area (Å²) in [5, 5.41) is 19.8. The highest BCUT2D eigenvalue weighted by atomic mass is 35.5. The minimum atomic E-state index is -4.46. The van der Waals surface area contributed by atoms with E-state index in [0.29, 0.717) is 42.7 Å². The van der Waals surface area contributed by atoms with Crippen molar-refractivity contribution in [2.24, 2.45) is 10.8 Å². The van der Waals surface area contributed by atoms with Gasteiger partial charge in [0.2, 0.25) is 5.91 Å². The first-order valence-electron chi connectivity index (χ1n) is 21.6. The lowest BCUT2D eigenvalue weighted by Gasteiger charge is -2.59. The van der Waals surface area contributed by atoms with Crippen LogP contribution in [0, 0.1) is 24.7 Å². The summed E-state index contributed by atoms with van der Waals surface area (Å²) in [6.07, 6.45) is -2.15. The lowest BCUT2D eigenvalue weighted by atomic mass is 9.73. The Bertz CT molecular complexity index is 2610. The molecule has 4 saturated heterocycles. The predicted molar refractivity (Wildman–Crippen MR) is 246 cm³/mol. The third-order valence-electron chi connectivity index (χ3n) is 10.9. The average Bonchev–Trinajstić information content (AvgIpc) is 3.83. The molecule has 17 nitrogen and oxygen atoms in total. The molecular formula is C46H55ClF6N10O7. The number of nitrogens with one attached hydrogen (secondary N) is 1. The molecule has 6 heterocycles. The maximum Gasteiger partial charge on any atom is 0.416 e. The topological polar surface area (TPSA) is 190 Å². The fraction of sp³-hybridized carbons (Fsp3) is 0.478. The number of aryl methyl sites for hydroxylation is 2. The van der Waals surface area contributed by atoms with Crippen LogP contribution in [0.5, 0.6) is 0 Å². The number of carboxylic acid groups (broad SMARTS) is 1. The Morgan fingerprint density at radius 1 is 0.614 bits per heavy atom. The van der Waals surface area contributed by atoms with E-state index >= 15 is 0 Å². The Labute approximate surface area is 405 Å². The summed E-state index contributed by atoms with van der Waals surface area (Å²) in [5.74, 6) is -1.17. The predicted octanol–water partition coefficient (Wildman–Crippen LogP) is 7.90. The average molecular weight is 1010 g/mol. The summed E-state index contributed by atoms with van der Waals surface area (Å²) in [7, 11) is 0. The number of halogens is 7. The normalized spacial score (nSPS) is 17.0. The molecule has 380 valence electrons. The van der Waals surface area contributed by atoms with Gasteiger partial charge in [0.25, 0.3) is 0 Å². The maximum absolute atomic E-state index is 13.1. The lowest BCUT2D eigenvalue weighted by Crippen LogP contribution is -2.73. The van der Waals surface area contributed by atoms with Gasteiger partial charge in [0.05, 0.1) is 11.1 Å². The first kappa shape index (κ1) is 54.5. The molecule has 0 bridgehead atoms. The molecule has 4 fully saturated rings. The molecule has 4 aromatic rings. The van der Waals surface area contributed by atoms with Gasteiger partial charge < -0.3 is 34.6 Å². The van der Waals surface area contributed by atoms with Crippen LogP contribution >= 0.6 is 12.4 Å². The van der Waals surface area contributed by atoms with Crippen LogP contribution in [-0.4, -0.2) is 137 Å². The Morgan fingerprint density at radius 3 is 1.36 bits per heavy atom. The maximum atomic E-state index is 13.1. The van der Waals surface area contributed by atoms with Crippen LogP contribution < -0.4 is 5.32 Å². The summed E-state index contributed by atoms with van der Waals surface area (Å²) < 4.78 is 90.5. The summed E-state index contributed by atoms with van der Waals surface area (Å²) in [6, 6.07) is 7.14. The van der Waals surface area contributed by atoms with E-state index in [1.54, 1.807) is 34.6 Å². The van der Waals surface area contributed by atoms with Crippen molar-refractivity contribution in [1.82, 2.24) is 49.5 Å². The van der Waals surface area contributed by atoms with Crippen molar-refractivity contribution in [1.29, 1.82) is 0 Å². The number of hydrogen-bond donors (Lipinski definition) is 2. The van der Waals surface area contributed by atoms with Gasteiger partial charge in [-0.05, 0) is 103 Å². The molecule has 2 aromatic heterocycles. The van der Waals surface area contributed by atoms with E-state index in [1.807, 2.05) is 41.5 Å². The largest absolute Gasteiger partial charge is 0.478 e. The van der Waals surface area contributed by atoms with E-state index < -0.39 is 35.0 Å². The number of rotatable bonds is 6. The fourth-order valence-electron chi connectivity index (χ4n) is 7.75. The van der Waals surface area contributed by atoms with Crippen LogP contribution in [0.4, 0.5) is 35.9 Å². The van der Waals surface area contributed by atoms with Gasteiger partial charge >= 0.3 is 30.5 Å². The van der Waals surface area contributed by atoms with E-state index in [-0.39, 0.29) is 64.3 Å². The van der Waals surface area contributed by atoms with Crippen LogP contribution in [-0.2, 0) is 31.4 Å². The van der Waals surface area contributed by atoms with Gasteiger partial charge in [-0.15, -0.1) is 22.6 Å². The number of benzene rings is 2. The summed E-state index contributed by atoms with van der Waals surface area (Å²) in [4.78, 5) is 59.5. The number of carbonyl (C=O) groups is 4. The van der Waals surface area contributed by atoms with Crippen molar-refractivity contribution in [2.75, 3.05) is 52.4 Å². The minimum absolute atomic E-state index is 0. The van der Waals surface area contributed by atoms with Crippen LogP contribution in [0.2, 0.25) is 0 Å². The number of carboxylic acids is 1. The van der Waals surface area contributed by atoms with Crippen molar-refractivity contribution in [3.05, 3.63) is 83.5 Å². The van der Waals surface area contributed by atoms with Crippen LogP contribution in [0.3, 0.4) is 0 Å². The lowest BCUT2D eigenvalue weighted by molar-refractivity contribution is -0.151. The second kappa shape index (κ2) is 20.5. The van der Waals surface area contributed by atoms with Crippen molar-refractivity contribution in [3.8, 4) is 22.8 Å². The third kappa shape index (κ3) is 14.3. The van der Waals surface area contributed by atoms with Crippen molar-refractivity contribution < 1.29 is 60.1 Å². The molecule has 0 aliphatic carbocycles. The van der Waals surface area contributed by atoms with Gasteiger partial charge in [-0.1, -0.05) is 0 Å². The molecule has 70 heavy (non-hydrogen) atoms. The monoisotopic (exact) mass is 1010 g/mol. The van der Waals surface area contributed by atoms with Crippen LogP contribution in [0.1, 0.15) is 63.8 Å². The summed E-state index contributed by atoms with van der Waals surface area (Å²) in [6.45, 7) is 20.2. The highest BCUT2D eigenvalue weighted by Gasteiger charge is 2.55. The molecule has 8 rings (SSSR count). The molecule has 2 N–H and O–H groups in total. The quantitative estimate of drug-likeness (QED) is 0.141. The van der Waals surface area contributed by atoms with Gasteiger partial charge in [0, 0.05) is 98.9 Å². The van der Waals surface area contributed by atoms with Crippen molar-refractivity contribution in [2.45, 2.75) is 78.9 Å². The second-order valence-corrected chi connectivity index (χ2v) is 19.7. The Morgan fingerprint density at radius 2 is 1.00 bits per heavy atom. The third-order valence-corrected chi connectivity index (χ3v) is 10.9. The van der Waals surface area contributed by atoms with E-state index in [4.69, 9.17) is 14.6 Å². The number of ether oxygens (including phenoxy) is 2. The first-order chi connectivity index (χ1) is 31.9. The number of aliphatic carboxylic acids is 1. The zero-order chi connectivity index (χ0) is 50.9. The number of amides is 3. The van der Waals surface area contributed by atoms with E-state index in [9.17, 15) is 45.5 Å². The standard InChI is InChI=1S/C23H26F3N5O3.C13H10F3N3O2.C10H18N2O2.ClH/c1-15-7-16(9-17(8-15)23(24,25)26)19-27-14-31(28-19)6-5-18(32)29-10-22(11-29)12-30(13-22)20(33)34-21(2,3)4;1-8-4-9(6-10(5-8)13(14,15)16)12-17-7-19(18-12)3-2-11(20)21;1-9(2,3)14-8(13)12-6-10(7-12)4-11-5-10;/h5-9,14H,10-13H2,1-4H3;2-7H,1H3,(H,20,21);11H,4-7H2,1-3H3;1H/b6-5-;3-2-;;. The number of hydrogen-bond acceptors (Lipinski definition) is 11. The van der Waals surface area contributed by atoms with Crippen molar-refractivity contribution >= 4 is 48.9 Å². The van der Waals surface area contributed by atoms with E-state index in [2.05, 4.69) is 25.5 Å². The van der Waals surface area contributed by atoms with Gasteiger partial charge in [-0.25, -0.2) is 33.7 Å². The highest BCUT2D eigenvalue weighted by molar-refractivity contribution is 5.91. The van der Waals surface area contributed by atoms with Gasteiger partial charge in [-0.3, -0.25) is 4.79 Å². The van der Waals surface area contributed by atoms with Crippen molar-refractivity contribution in [3.63, 3.8) is 0 Å². The van der Waals surface area contributed by atoms with Crippen LogP contribution in [0.25, 0.3) is 35.2 Å². The van der Waals surface area contributed by atoms with Crippen LogP contribution in [0.15, 0.2) is 61.2 Å². The molecule has 2 aromatic carbocycles. The van der Waals surface area contributed by atoms with Gasteiger partial charge in [0.15, 0.2) is 11.6 Å². The van der Waals surface area contributed by atoms with Gasteiger partial charge in [0.1, 0.15) is 23.9 Å². The molecule has 0 radical (unpaired) electrons. The zero-order valence-electron chi connectivity index (χ0n) is 39.7. The SMILES string of the molecule is CC(C)(C)OC(=O)N1CC2(CNC2)C1.Cc1cc(-c2ncn(/C=C\C(=O)N3CC4(C3)CN(C(=O)OC(C)(C)C)C4)n2)cc(C(F)(F)F)c1.Cc1cc(-c2ncn(/C=C\C(=O)O)n2)cc(C(F)(F)F)c1.Cl. The molecule has 4 aliphatic heterocycles. The first-order valence-corrected chi connectivity index (χ1v) is 21.6. The Kier molecular flexibility index (Phi) is 15.9. The summed E-state index contributed by atoms with van der Waals surface area (Å²) >= 11 is 0. The number of carbonyl (C=O) groups excluding carboxylic acids is 3. The molecule has 24 heteroatoms. The number of nitrogens with zero attached hydrogens (tertiary/aromatic N) is 9. The molecule has 0 atom stereocenters. The molecule has 0 unspecified atom stereocenters. The molecular weight excluding hydrogens is 954 g/mol. The van der Waals surface area contributed by atoms with E-state index in [1.165, 1.54) is 35.7 Å².